The maximum Gasteiger partial charge on any atom is 2.00 e. The van der Waals surface area contributed by atoms with Crippen molar-refractivity contribution in [3.8, 4) is 0 Å². The number of rotatable bonds is 0. The van der Waals surface area contributed by atoms with Gasteiger partial charge in [0.05, 0.1) is 0 Å². The molecule has 21 heavy (non-hydrogen) atoms. The Balaban J connectivity index is -0.0000000280. The van der Waals surface area contributed by atoms with Crippen LogP contribution in [0, 0.1) is 40.8 Å². The summed E-state index contributed by atoms with van der Waals surface area (Å²) in [5.41, 5.74) is 2.06. The minimum absolute atomic E-state index is 0. The average Bonchev–Trinajstić information content (AvgIpc) is 2.21. The summed E-state index contributed by atoms with van der Waals surface area (Å²) in [4.78, 5) is 0. The Hall–Kier alpha value is 1.08. The van der Waals surface area contributed by atoms with Crippen LogP contribution in [0.4, 0.5) is 0 Å². The average molecular weight is 604 g/mol. The predicted molar refractivity (Wildman–Crippen MR) is 85.8 cm³/mol. The van der Waals surface area contributed by atoms with Crippen molar-refractivity contribution in [3.63, 3.8) is 0 Å². The third kappa shape index (κ3) is 26.3. The molecule has 0 saturated heterocycles. The van der Waals surface area contributed by atoms with Crippen LogP contribution in [0.3, 0.4) is 0 Å². The molecule has 0 atom stereocenters. The van der Waals surface area contributed by atoms with Gasteiger partial charge in [-0.2, -0.15) is 42.8 Å². The SMILES string of the molecule is C.C.[CH2-]c1c[c-]ccc1.[CH2-]c1cc[c-]cc1.[CH3-].[CH3-].[W+2].[Y].[Y]. The largest absolute Gasteiger partial charge is 2.00 e. The van der Waals surface area contributed by atoms with Gasteiger partial charge in [0.1, 0.15) is 0 Å². The van der Waals surface area contributed by atoms with E-state index in [0.29, 0.717) is 0 Å². The molecule has 0 fully saturated rings. The van der Waals surface area contributed by atoms with E-state index in [9.17, 15) is 0 Å². The second-order valence-corrected chi connectivity index (χ2v) is 2.82. The maximum atomic E-state index is 3.70. The predicted octanol–water partition coefficient (Wildman–Crippen LogP) is 5.50. The van der Waals surface area contributed by atoms with Crippen molar-refractivity contribution in [2.45, 2.75) is 14.9 Å². The van der Waals surface area contributed by atoms with Gasteiger partial charge in [-0.05, 0) is 0 Å². The standard InChI is InChI=1S/2C7H6.2CH4.2CH3.W.2Y/c2*1-7-5-3-2-4-6-7;;;;;;;/h3-6H,1H2;2-3,5-6H,1H2;2*1H4;2*1H3;;;/q2*-2;;;2*-1;+2;;. The second-order valence-electron chi connectivity index (χ2n) is 2.82. The summed E-state index contributed by atoms with van der Waals surface area (Å²) < 4.78 is 0. The molecule has 0 heterocycles. The zero-order chi connectivity index (χ0) is 10.2. The fourth-order valence-corrected chi connectivity index (χ4v) is 0.852. The van der Waals surface area contributed by atoms with Gasteiger partial charge in [0.2, 0.25) is 0 Å². The summed E-state index contributed by atoms with van der Waals surface area (Å²) in [5.74, 6) is 0. The van der Waals surface area contributed by atoms with Crippen molar-refractivity contribution in [2.75, 3.05) is 0 Å². The first-order valence-corrected chi connectivity index (χ1v) is 4.35. The van der Waals surface area contributed by atoms with E-state index in [0.717, 1.165) is 11.1 Å². The van der Waals surface area contributed by atoms with Crippen molar-refractivity contribution in [1.82, 2.24) is 0 Å². The molecule has 0 aliphatic heterocycles. The third-order valence-electron chi connectivity index (χ3n) is 1.56. The molecule has 0 spiro atoms. The van der Waals surface area contributed by atoms with Gasteiger partial charge in [0.25, 0.3) is 0 Å². The molecule has 0 amide bonds. The van der Waals surface area contributed by atoms with Crippen LogP contribution in [0.2, 0.25) is 0 Å². The van der Waals surface area contributed by atoms with Crippen LogP contribution in [-0.2, 0) is 86.5 Å². The van der Waals surface area contributed by atoms with Gasteiger partial charge in [0, 0.05) is 65.4 Å². The van der Waals surface area contributed by atoms with Gasteiger partial charge in [-0.25, -0.2) is 12.1 Å². The van der Waals surface area contributed by atoms with Gasteiger partial charge in [0.15, 0.2) is 0 Å². The molecule has 2 aromatic carbocycles. The first-order chi connectivity index (χ1) is 6.79. The van der Waals surface area contributed by atoms with E-state index in [-0.39, 0.29) is 116 Å². The van der Waals surface area contributed by atoms with Crippen molar-refractivity contribution >= 4 is 0 Å². The summed E-state index contributed by atoms with van der Waals surface area (Å²) >= 11 is 0. The van der Waals surface area contributed by atoms with Crippen LogP contribution >= 0.6 is 0 Å². The van der Waals surface area contributed by atoms with Gasteiger partial charge in [-0.3, -0.25) is 25.1 Å². The molecule has 0 unspecified atom stereocenters. The Labute approximate surface area is 199 Å². The maximum absolute atomic E-state index is 3.70. The van der Waals surface area contributed by atoms with Crippen molar-refractivity contribution < 1.29 is 86.5 Å². The van der Waals surface area contributed by atoms with E-state index in [1.165, 1.54) is 0 Å². The molecule has 0 aliphatic carbocycles. The van der Waals surface area contributed by atoms with Crippen molar-refractivity contribution in [2.24, 2.45) is 0 Å². The topological polar surface area (TPSA) is 0 Å². The molecule has 0 aromatic heterocycles. The van der Waals surface area contributed by atoms with Gasteiger partial charge >= 0.3 is 21.1 Å². The molecule has 0 nitrogen and oxygen atoms in total. The van der Waals surface area contributed by atoms with Crippen LogP contribution in [-0.4, -0.2) is 0 Å². The van der Waals surface area contributed by atoms with Crippen molar-refractivity contribution in [3.05, 3.63) is 100 Å². The molecule has 0 bridgehead atoms. The van der Waals surface area contributed by atoms with Crippen LogP contribution in [0.25, 0.3) is 0 Å². The van der Waals surface area contributed by atoms with Crippen molar-refractivity contribution in [1.29, 1.82) is 0 Å². The molecule has 2 rings (SSSR count). The van der Waals surface area contributed by atoms with E-state index < -0.39 is 0 Å². The van der Waals surface area contributed by atoms with Gasteiger partial charge in [-0.15, -0.1) is 0 Å². The summed E-state index contributed by atoms with van der Waals surface area (Å²) in [6.45, 7) is 7.39. The quantitative estimate of drug-likeness (QED) is 0.349. The molecular formula is C18H26WY2-4. The Morgan fingerprint density at radius 3 is 1.38 bits per heavy atom. The Bertz CT molecular complexity index is 313. The molecule has 0 saturated carbocycles. The zero-order valence-electron chi connectivity index (χ0n) is 11.6. The summed E-state index contributed by atoms with van der Waals surface area (Å²) in [7, 11) is 0. The van der Waals surface area contributed by atoms with Crippen LogP contribution in [0.5, 0.6) is 0 Å². The molecule has 2 radical (unpaired) electrons. The third-order valence-corrected chi connectivity index (χ3v) is 1.56. The van der Waals surface area contributed by atoms with Crippen LogP contribution in [0.15, 0.2) is 48.5 Å². The fourth-order valence-electron chi connectivity index (χ4n) is 0.852. The normalized spacial score (nSPS) is 5.71. The molecule has 2 aromatic rings. The summed E-state index contributed by atoms with van der Waals surface area (Å²) in [5, 5.41) is 0. The summed E-state index contributed by atoms with van der Waals surface area (Å²) in [6, 6.07) is 20.9. The smallest absolute Gasteiger partial charge is 0.358 e. The fraction of sp³-hybridized carbons (Fsp3) is 0.111. The van der Waals surface area contributed by atoms with E-state index in [1.807, 2.05) is 48.5 Å². The van der Waals surface area contributed by atoms with Crippen LogP contribution in [0.1, 0.15) is 26.0 Å². The molecule has 0 aliphatic rings. The molecular weight excluding hydrogens is 578 g/mol. The number of hydrogen-bond acceptors (Lipinski definition) is 0. The Morgan fingerprint density at radius 2 is 1.19 bits per heavy atom. The Morgan fingerprint density at radius 1 is 0.714 bits per heavy atom. The Kier molecular flexibility index (Phi) is 59.9. The first kappa shape index (κ1) is 43.1. The van der Waals surface area contributed by atoms with E-state index in [4.69, 9.17) is 0 Å². The van der Waals surface area contributed by atoms with Gasteiger partial charge in [-0.1, -0.05) is 14.9 Å². The number of benzene rings is 2. The summed E-state index contributed by atoms with van der Waals surface area (Å²) in [6.07, 6.45) is 0. The van der Waals surface area contributed by atoms with E-state index in [1.54, 1.807) is 0 Å². The van der Waals surface area contributed by atoms with E-state index >= 15 is 0 Å². The monoisotopic (exact) mass is 604 g/mol. The second kappa shape index (κ2) is 29.1. The minimum Gasteiger partial charge on any atom is -0.358 e. The van der Waals surface area contributed by atoms with Gasteiger partial charge < -0.3 is 20.4 Å². The molecule has 0 N–H and O–H groups in total. The van der Waals surface area contributed by atoms with E-state index in [2.05, 4.69) is 26.0 Å². The molecule has 114 valence electrons. The first-order valence-electron chi connectivity index (χ1n) is 4.35. The number of hydrogen-bond donors (Lipinski definition) is 0. The minimum atomic E-state index is 0. The molecule has 3 heteroatoms. The zero-order valence-corrected chi connectivity index (χ0v) is 20.2. The van der Waals surface area contributed by atoms with Crippen LogP contribution < -0.4 is 0 Å².